The van der Waals surface area contributed by atoms with Gasteiger partial charge in [0.05, 0.1) is 5.56 Å². The molecule has 0 radical (unpaired) electrons. The van der Waals surface area contributed by atoms with Crippen LogP contribution in [0.1, 0.15) is 40.0 Å². The minimum absolute atomic E-state index is 0.0342. The minimum atomic E-state index is -0.0342. The fraction of sp³-hybridized carbons (Fsp3) is 0.529. The molecule has 0 aromatic heterocycles. The number of nitrogens with zero attached hydrogens (tertiary/aromatic N) is 1. The van der Waals surface area contributed by atoms with Crippen LogP contribution in [-0.4, -0.2) is 53.8 Å². The van der Waals surface area contributed by atoms with Crippen molar-refractivity contribution in [2.24, 2.45) is 0 Å². The molecular formula is C17H22N2O2S. The number of hydrogen-bond acceptors (Lipinski definition) is 4. The second kappa shape index (κ2) is 6.42. The number of rotatable bonds is 3. The highest BCUT2D eigenvalue weighted by molar-refractivity contribution is 8.01. The summed E-state index contributed by atoms with van der Waals surface area (Å²) in [4.78, 5) is 25.9. The monoisotopic (exact) mass is 318 g/mol. The van der Waals surface area contributed by atoms with Crippen molar-refractivity contribution in [3.63, 3.8) is 0 Å². The molecule has 22 heavy (non-hydrogen) atoms. The zero-order chi connectivity index (χ0) is 15.6. The summed E-state index contributed by atoms with van der Waals surface area (Å²) in [7, 11) is 1.89. The summed E-state index contributed by atoms with van der Waals surface area (Å²) in [5.74, 6) is 1.07. The van der Waals surface area contributed by atoms with Crippen LogP contribution in [0.25, 0.3) is 0 Å². The number of thioether (sulfide) groups is 1. The van der Waals surface area contributed by atoms with Crippen LogP contribution >= 0.6 is 11.8 Å². The summed E-state index contributed by atoms with van der Waals surface area (Å²) in [5.41, 5.74) is 0.991. The van der Waals surface area contributed by atoms with E-state index in [2.05, 4.69) is 5.32 Å². The van der Waals surface area contributed by atoms with Crippen LogP contribution in [0, 0.1) is 0 Å². The molecule has 1 spiro atoms. The van der Waals surface area contributed by atoms with Crippen molar-refractivity contribution in [3.05, 3.63) is 35.4 Å². The Balaban J connectivity index is 1.84. The van der Waals surface area contributed by atoms with E-state index >= 15 is 0 Å². The lowest BCUT2D eigenvalue weighted by Gasteiger charge is -2.42. The summed E-state index contributed by atoms with van der Waals surface area (Å²) in [6.07, 6.45) is 4.02. The first-order chi connectivity index (χ1) is 10.7. The lowest BCUT2D eigenvalue weighted by Crippen LogP contribution is -2.53. The highest BCUT2D eigenvalue weighted by Gasteiger charge is 2.47. The maximum absolute atomic E-state index is 12.9. The molecule has 2 saturated heterocycles. The fourth-order valence-corrected chi connectivity index (χ4v) is 5.44. The topological polar surface area (TPSA) is 49.4 Å². The summed E-state index contributed by atoms with van der Waals surface area (Å²) in [5, 5.41) is 3.41. The van der Waals surface area contributed by atoms with Gasteiger partial charge in [0.1, 0.15) is 0 Å². The molecule has 1 N–H and O–H groups in total. The second-order valence-corrected chi connectivity index (χ2v) is 7.60. The van der Waals surface area contributed by atoms with Crippen LogP contribution in [0.2, 0.25) is 0 Å². The molecule has 2 aliphatic heterocycles. The number of carbonyl (C=O) groups excluding carboxylic acids is 2. The Morgan fingerprint density at radius 3 is 2.82 bits per heavy atom. The van der Waals surface area contributed by atoms with Crippen molar-refractivity contribution in [1.82, 2.24) is 10.2 Å². The molecule has 0 saturated carbocycles. The number of amides is 1. The van der Waals surface area contributed by atoms with Crippen molar-refractivity contribution in [2.75, 3.05) is 25.9 Å². The molecule has 2 aliphatic rings. The van der Waals surface area contributed by atoms with E-state index in [0.29, 0.717) is 11.1 Å². The van der Waals surface area contributed by atoms with Crippen LogP contribution in [0.4, 0.5) is 0 Å². The van der Waals surface area contributed by atoms with Gasteiger partial charge in [0.25, 0.3) is 5.91 Å². The Morgan fingerprint density at radius 2 is 2.09 bits per heavy atom. The second-order valence-electron chi connectivity index (χ2n) is 6.09. The highest BCUT2D eigenvalue weighted by Crippen LogP contribution is 2.46. The number of aldehydes is 1. The molecule has 5 heteroatoms. The molecule has 118 valence electrons. The van der Waals surface area contributed by atoms with Gasteiger partial charge in [-0.15, -0.1) is 0 Å². The molecule has 2 heterocycles. The van der Waals surface area contributed by atoms with Gasteiger partial charge in [0, 0.05) is 23.4 Å². The van der Waals surface area contributed by atoms with Crippen LogP contribution in [0.3, 0.4) is 0 Å². The quantitative estimate of drug-likeness (QED) is 0.868. The molecule has 4 nitrogen and oxygen atoms in total. The molecular weight excluding hydrogens is 296 g/mol. The lowest BCUT2D eigenvalue weighted by atomic mass is 9.86. The van der Waals surface area contributed by atoms with Crippen LogP contribution in [0.15, 0.2) is 24.3 Å². The molecule has 1 amide bonds. The predicted molar refractivity (Wildman–Crippen MR) is 89.6 cm³/mol. The summed E-state index contributed by atoms with van der Waals surface area (Å²) >= 11 is 2.02. The lowest BCUT2D eigenvalue weighted by molar-refractivity contribution is 0.0680. The first-order valence-corrected chi connectivity index (χ1v) is 8.82. The maximum Gasteiger partial charge on any atom is 0.254 e. The van der Waals surface area contributed by atoms with Crippen molar-refractivity contribution in [2.45, 2.75) is 30.1 Å². The molecule has 0 aliphatic carbocycles. The largest absolute Gasteiger partial charge is 0.337 e. The van der Waals surface area contributed by atoms with Crippen LogP contribution in [0.5, 0.6) is 0 Å². The third-order valence-corrected chi connectivity index (χ3v) is 6.64. The van der Waals surface area contributed by atoms with E-state index in [9.17, 15) is 9.59 Å². The summed E-state index contributed by atoms with van der Waals surface area (Å²) in [6, 6.07) is 7.32. The number of carbonyl (C=O) groups is 2. The zero-order valence-electron chi connectivity index (χ0n) is 12.9. The molecule has 2 fully saturated rings. The third-order valence-electron chi connectivity index (χ3n) is 4.94. The average molecular weight is 318 g/mol. The third kappa shape index (κ3) is 2.68. The molecule has 1 aromatic carbocycles. The maximum atomic E-state index is 12.9. The van der Waals surface area contributed by atoms with Gasteiger partial charge in [-0.1, -0.05) is 18.2 Å². The first kappa shape index (κ1) is 15.6. The van der Waals surface area contributed by atoms with Gasteiger partial charge in [0.15, 0.2) is 6.29 Å². The first-order valence-electron chi connectivity index (χ1n) is 7.84. The van der Waals surface area contributed by atoms with Crippen LogP contribution in [-0.2, 0) is 0 Å². The zero-order valence-corrected chi connectivity index (χ0v) is 13.7. The Hall–Kier alpha value is -1.33. The van der Waals surface area contributed by atoms with E-state index in [1.807, 2.05) is 29.8 Å². The number of piperidine rings is 1. The van der Waals surface area contributed by atoms with E-state index in [0.717, 1.165) is 44.4 Å². The van der Waals surface area contributed by atoms with Crippen LogP contribution < -0.4 is 5.32 Å². The fourth-order valence-electron chi connectivity index (χ4n) is 3.73. The normalized spacial score (nSPS) is 23.4. The van der Waals surface area contributed by atoms with Gasteiger partial charge < -0.3 is 10.2 Å². The Morgan fingerprint density at radius 1 is 1.36 bits per heavy atom. The van der Waals surface area contributed by atoms with Crippen molar-refractivity contribution >= 4 is 24.0 Å². The minimum Gasteiger partial charge on any atom is -0.337 e. The molecule has 0 bridgehead atoms. The van der Waals surface area contributed by atoms with E-state index in [1.54, 1.807) is 18.2 Å². The number of benzene rings is 1. The number of hydrogen-bond donors (Lipinski definition) is 1. The van der Waals surface area contributed by atoms with Gasteiger partial charge in [0.2, 0.25) is 0 Å². The van der Waals surface area contributed by atoms with E-state index in [-0.39, 0.29) is 16.7 Å². The van der Waals surface area contributed by atoms with Gasteiger partial charge >= 0.3 is 0 Å². The van der Waals surface area contributed by atoms with Crippen molar-refractivity contribution in [1.29, 1.82) is 0 Å². The summed E-state index contributed by atoms with van der Waals surface area (Å²) < 4.78 is 0.186. The van der Waals surface area contributed by atoms with Crippen molar-refractivity contribution in [3.8, 4) is 0 Å². The molecule has 1 aromatic rings. The van der Waals surface area contributed by atoms with Gasteiger partial charge in [-0.3, -0.25) is 9.59 Å². The van der Waals surface area contributed by atoms with Gasteiger partial charge in [-0.25, -0.2) is 0 Å². The number of nitrogens with one attached hydrogen (secondary N) is 1. The Kier molecular flexibility index (Phi) is 4.54. The standard InChI is InChI=1S/C17H22N2O2S/c1-19(16(21)14-5-3-2-4-13(14)12-20)15-6-11-22-17(15)7-9-18-10-8-17/h2-5,12,15,18H,6-11H2,1H3. The average Bonchev–Trinajstić information content (AvgIpc) is 2.97. The van der Waals surface area contributed by atoms with E-state index in [1.165, 1.54) is 0 Å². The smallest absolute Gasteiger partial charge is 0.254 e. The Bertz CT molecular complexity index is 570. The molecule has 1 unspecified atom stereocenters. The molecule has 1 atom stereocenters. The SMILES string of the molecule is CN(C(=O)c1ccccc1C=O)C1CCSC12CCNCC2. The predicted octanol–water partition coefficient (Wildman–Crippen LogP) is 2.20. The van der Waals surface area contributed by atoms with E-state index < -0.39 is 0 Å². The van der Waals surface area contributed by atoms with Gasteiger partial charge in [-0.05, 0) is 44.2 Å². The highest BCUT2D eigenvalue weighted by atomic mass is 32.2. The summed E-state index contributed by atoms with van der Waals surface area (Å²) in [6.45, 7) is 2.05. The van der Waals surface area contributed by atoms with Gasteiger partial charge in [-0.2, -0.15) is 11.8 Å². The molecule has 3 rings (SSSR count). The van der Waals surface area contributed by atoms with E-state index in [4.69, 9.17) is 0 Å². The van der Waals surface area contributed by atoms with Crippen molar-refractivity contribution < 1.29 is 9.59 Å². The Labute approximate surface area is 135 Å².